The zero-order chi connectivity index (χ0) is 26.2. The molecule has 7 nitrogen and oxygen atoms in total. The van der Waals surface area contributed by atoms with E-state index < -0.39 is 0 Å². The summed E-state index contributed by atoms with van der Waals surface area (Å²) in [6, 6.07) is 12.0. The van der Waals surface area contributed by atoms with E-state index in [4.69, 9.17) is 9.72 Å². The van der Waals surface area contributed by atoms with Crippen LogP contribution in [0.4, 0.5) is 0 Å². The Bertz CT molecular complexity index is 1270. The summed E-state index contributed by atoms with van der Waals surface area (Å²) in [6.45, 7) is 11.8. The zero-order valence-corrected chi connectivity index (χ0v) is 22.5. The molecule has 0 bridgehead atoms. The normalized spacial score (nSPS) is 11.3. The second-order valence-corrected chi connectivity index (χ2v) is 10.5. The van der Waals surface area contributed by atoms with E-state index in [2.05, 4.69) is 19.2 Å². The molecule has 0 atom stereocenters. The minimum absolute atomic E-state index is 0.0605. The van der Waals surface area contributed by atoms with Crippen molar-refractivity contribution in [1.29, 1.82) is 0 Å². The van der Waals surface area contributed by atoms with Crippen LogP contribution in [-0.2, 0) is 6.54 Å². The van der Waals surface area contributed by atoms with Crippen LogP contribution >= 0.6 is 11.8 Å². The van der Waals surface area contributed by atoms with Gasteiger partial charge in [0.25, 0.3) is 11.5 Å². The lowest BCUT2D eigenvalue weighted by atomic mass is 10.1. The molecular formula is C28H35N3O4S. The van der Waals surface area contributed by atoms with E-state index in [1.54, 1.807) is 47.0 Å². The van der Waals surface area contributed by atoms with Gasteiger partial charge in [-0.25, -0.2) is 4.98 Å². The van der Waals surface area contributed by atoms with Crippen LogP contribution in [-0.4, -0.2) is 40.1 Å². The van der Waals surface area contributed by atoms with Crippen molar-refractivity contribution in [3.63, 3.8) is 0 Å². The van der Waals surface area contributed by atoms with Gasteiger partial charge in [0.2, 0.25) is 0 Å². The van der Waals surface area contributed by atoms with Crippen LogP contribution < -0.4 is 15.6 Å². The number of ether oxygens (including phenoxy) is 1. The Morgan fingerprint density at radius 1 is 1.03 bits per heavy atom. The summed E-state index contributed by atoms with van der Waals surface area (Å²) in [5, 5.41) is 3.84. The van der Waals surface area contributed by atoms with E-state index in [9.17, 15) is 14.4 Å². The number of nitrogens with zero attached hydrogens (tertiary/aromatic N) is 2. The number of benzene rings is 2. The lowest BCUT2D eigenvalue weighted by Crippen LogP contribution is -2.28. The van der Waals surface area contributed by atoms with Gasteiger partial charge >= 0.3 is 0 Å². The smallest absolute Gasteiger partial charge is 0.262 e. The first-order valence-corrected chi connectivity index (χ1v) is 13.4. The van der Waals surface area contributed by atoms with E-state index in [-0.39, 0.29) is 23.0 Å². The summed E-state index contributed by atoms with van der Waals surface area (Å²) in [7, 11) is 0. The molecule has 0 unspecified atom stereocenters. The monoisotopic (exact) mass is 509 g/mol. The van der Waals surface area contributed by atoms with Gasteiger partial charge in [0, 0.05) is 24.2 Å². The summed E-state index contributed by atoms with van der Waals surface area (Å²) in [5.41, 5.74) is 1.32. The average molecular weight is 510 g/mol. The fraction of sp³-hybridized carbons (Fsp3) is 0.429. The number of fused-ring (bicyclic) bond motifs is 1. The SMILES string of the molecule is CCOc1ccc(C(=O)CSc2nc3cc(C(=O)NCC(C)C)ccc3c(=O)n2CCC(C)C)cc1. The third-order valence-electron chi connectivity index (χ3n) is 5.60. The summed E-state index contributed by atoms with van der Waals surface area (Å²) in [6.07, 6.45) is 0.809. The Labute approximate surface area is 216 Å². The topological polar surface area (TPSA) is 90.3 Å². The van der Waals surface area contributed by atoms with E-state index in [1.807, 2.05) is 20.8 Å². The van der Waals surface area contributed by atoms with Crippen molar-refractivity contribution in [2.75, 3.05) is 18.9 Å². The minimum atomic E-state index is -0.198. The molecule has 1 N–H and O–H groups in total. The second kappa shape index (κ2) is 12.7. The molecule has 1 amide bonds. The van der Waals surface area contributed by atoms with Crippen LogP contribution in [0.5, 0.6) is 5.75 Å². The number of hydrogen-bond acceptors (Lipinski definition) is 6. The van der Waals surface area contributed by atoms with Crippen molar-refractivity contribution in [1.82, 2.24) is 14.9 Å². The molecule has 0 saturated carbocycles. The number of rotatable bonds is 12. The van der Waals surface area contributed by atoms with Gasteiger partial charge < -0.3 is 10.1 Å². The third kappa shape index (κ3) is 7.20. The van der Waals surface area contributed by atoms with Crippen molar-refractivity contribution in [3.05, 3.63) is 63.9 Å². The molecule has 0 aliphatic carbocycles. The number of ketones is 1. The number of amides is 1. The number of Topliss-reactive ketones (excluding diaryl/α,β-unsaturated/α-hetero) is 1. The Balaban J connectivity index is 1.90. The standard InChI is InChI=1S/C28H35N3O4S/c1-6-35-22-10-7-20(8-11-22)25(32)17-36-28-30-24-15-21(26(33)29-16-19(4)5)9-12-23(24)27(34)31(28)14-13-18(2)3/h7-12,15,18-19H,6,13-14,16-17H2,1-5H3,(H,29,33). The van der Waals surface area contributed by atoms with E-state index in [0.29, 0.717) is 64.5 Å². The lowest BCUT2D eigenvalue weighted by molar-refractivity contribution is 0.0948. The zero-order valence-electron chi connectivity index (χ0n) is 21.7. The molecule has 36 heavy (non-hydrogen) atoms. The molecule has 2 aromatic carbocycles. The van der Waals surface area contributed by atoms with Crippen LogP contribution in [0.1, 0.15) is 61.8 Å². The summed E-state index contributed by atoms with van der Waals surface area (Å²) >= 11 is 1.24. The van der Waals surface area contributed by atoms with E-state index >= 15 is 0 Å². The van der Waals surface area contributed by atoms with Crippen LogP contribution in [0.15, 0.2) is 52.4 Å². The molecule has 0 aliphatic rings. The fourth-order valence-corrected chi connectivity index (χ4v) is 4.47. The maximum atomic E-state index is 13.4. The molecule has 8 heteroatoms. The van der Waals surface area contributed by atoms with Crippen LogP contribution in [0.2, 0.25) is 0 Å². The fourth-order valence-electron chi connectivity index (χ4n) is 3.55. The van der Waals surface area contributed by atoms with E-state index in [0.717, 1.165) is 6.42 Å². The highest BCUT2D eigenvalue weighted by Gasteiger charge is 2.16. The number of hydrogen-bond donors (Lipinski definition) is 1. The summed E-state index contributed by atoms with van der Waals surface area (Å²) < 4.78 is 7.10. The van der Waals surface area contributed by atoms with Crippen LogP contribution in [0.25, 0.3) is 10.9 Å². The molecular weight excluding hydrogens is 474 g/mol. The van der Waals surface area contributed by atoms with Gasteiger partial charge in [0.15, 0.2) is 10.9 Å². The number of aromatic nitrogens is 2. The molecule has 192 valence electrons. The first kappa shape index (κ1) is 27.5. The number of thioether (sulfide) groups is 1. The summed E-state index contributed by atoms with van der Waals surface area (Å²) in [4.78, 5) is 43.5. The first-order valence-electron chi connectivity index (χ1n) is 12.4. The largest absolute Gasteiger partial charge is 0.494 e. The Kier molecular flexibility index (Phi) is 9.70. The quantitative estimate of drug-likeness (QED) is 0.205. The van der Waals surface area contributed by atoms with Crippen molar-refractivity contribution in [2.45, 2.75) is 52.7 Å². The average Bonchev–Trinajstić information content (AvgIpc) is 2.85. The van der Waals surface area contributed by atoms with Gasteiger partial charge in [-0.3, -0.25) is 19.0 Å². The maximum absolute atomic E-state index is 13.4. The highest BCUT2D eigenvalue weighted by Crippen LogP contribution is 2.22. The first-order chi connectivity index (χ1) is 17.2. The van der Waals surface area contributed by atoms with Crippen LogP contribution in [0.3, 0.4) is 0 Å². The Morgan fingerprint density at radius 2 is 1.72 bits per heavy atom. The number of nitrogens with one attached hydrogen (secondary N) is 1. The predicted octanol–water partition coefficient (Wildman–Crippen LogP) is 5.20. The highest BCUT2D eigenvalue weighted by atomic mass is 32.2. The molecule has 0 spiro atoms. The summed E-state index contributed by atoms with van der Waals surface area (Å²) in [5.74, 6) is 1.33. The van der Waals surface area contributed by atoms with Gasteiger partial charge in [-0.05, 0) is 67.6 Å². The van der Waals surface area contributed by atoms with Crippen molar-refractivity contribution >= 4 is 34.4 Å². The number of carbonyl (C=O) groups is 2. The molecule has 0 aliphatic heterocycles. The Morgan fingerprint density at radius 3 is 2.36 bits per heavy atom. The van der Waals surface area contributed by atoms with Gasteiger partial charge in [-0.2, -0.15) is 0 Å². The Hall–Kier alpha value is -3.13. The van der Waals surface area contributed by atoms with Crippen molar-refractivity contribution in [2.24, 2.45) is 11.8 Å². The van der Waals surface area contributed by atoms with Gasteiger partial charge in [0.05, 0.1) is 23.3 Å². The highest BCUT2D eigenvalue weighted by molar-refractivity contribution is 7.99. The molecule has 0 saturated heterocycles. The molecule has 0 fully saturated rings. The molecule has 1 aromatic heterocycles. The second-order valence-electron chi connectivity index (χ2n) is 9.54. The molecule has 3 rings (SSSR count). The predicted molar refractivity (Wildman–Crippen MR) is 145 cm³/mol. The van der Waals surface area contributed by atoms with Gasteiger partial charge in [-0.1, -0.05) is 39.5 Å². The maximum Gasteiger partial charge on any atom is 0.262 e. The molecule has 0 radical (unpaired) electrons. The van der Waals surface area contributed by atoms with Gasteiger partial charge in [0.1, 0.15) is 5.75 Å². The molecule has 1 heterocycles. The van der Waals surface area contributed by atoms with Crippen molar-refractivity contribution < 1.29 is 14.3 Å². The van der Waals surface area contributed by atoms with Crippen molar-refractivity contribution in [3.8, 4) is 5.75 Å². The lowest BCUT2D eigenvalue weighted by Gasteiger charge is -2.15. The van der Waals surface area contributed by atoms with Gasteiger partial charge in [-0.15, -0.1) is 0 Å². The third-order valence-corrected chi connectivity index (χ3v) is 6.58. The van der Waals surface area contributed by atoms with Crippen LogP contribution in [0, 0.1) is 11.8 Å². The molecule has 3 aromatic rings. The number of carbonyl (C=O) groups excluding carboxylic acids is 2. The minimum Gasteiger partial charge on any atom is -0.494 e. The van der Waals surface area contributed by atoms with E-state index in [1.165, 1.54) is 11.8 Å².